The number of phenols is 2. The fourth-order valence-electron chi connectivity index (χ4n) is 3.91. The number of carboxylic acids is 1. The van der Waals surface area contributed by atoms with E-state index in [-0.39, 0.29) is 29.8 Å². The van der Waals surface area contributed by atoms with Crippen LogP contribution >= 0.6 is 0 Å². The van der Waals surface area contributed by atoms with Crippen LogP contribution in [0.1, 0.15) is 54.0 Å². The van der Waals surface area contributed by atoms with E-state index in [2.05, 4.69) is 13.0 Å². The molecule has 0 radical (unpaired) electrons. The Labute approximate surface area is 176 Å². The van der Waals surface area contributed by atoms with Crippen LogP contribution in [-0.2, 0) is 10.4 Å². The first-order chi connectivity index (χ1) is 14.0. The van der Waals surface area contributed by atoms with E-state index in [4.69, 9.17) is 10.4 Å². The first kappa shape index (κ1) is 23.0. The Hall–Kier alpha value is -3.30. The minimum atomic E-state index is -1.13. The molecule has 0 saturated carbocycles. The molecule has 0 bridgehead atoms. The topological polar surface area (TPSA) is 122 Å². The second kappa shape index (κ2) is 9.02. The smallest absolute Gasteiger partial charge is 0.328 e. The summed E-state index contributed by atoms with van der Waals surface area (Å²) < 4.78 is 0. The van der Waals surface area contributed by atoms with Gasteiger partial charge in [0.15, 0.2) is 0 Å². The van der Waals surface area contributed by atoms with Crippen LogP contribution in [0.15, 0.2) is 36.4 Å². The Morgan fingerprint density at radius 3 is 2.37 bits per heavy atom. The summed E-state index contributed by atoms with van der Waals surface area (Å²) >= 11 is 0. The number of benzene rings is 2. The number of nitriles is 1. The third kappa shape index (κ3) is 4.47. The standard InChI is InChI=1S/C14H17NO2.C10H10O3/c1-8-10(3)14(17,6-7-15)13-9(2)12(16)5-4-11(8)13;1-7-6-8(2-4-9(7)11)3-5-10(12)13/h4-5,8,10,16-17H,6H2,1-3H3;2-6,11H,1H3,(H,12,13)/b;5-3+. The van der Waals surface area contributed by atoms with Crippen molar-refractivity contribution in [2.24, 2.45) is 5.92 Å². The summed E-state index contributed by atoms with van der Waals surface area (Å²) in [6.45, 7) is 7.56. The number of nitrogens with zero attached hydrogens (tertiary/aromatic N) is 1. The second-order valence-electron chi connectivity index (χ2n) is 7.73. The monoisotopic (exact) mass is 409 g/mol. The van der Waals surface area contributed by atoms with Crippen molar-refractivity contribution in [1.82, 2.24) is 0 Å². The van der Waals surface area contributed by atoms with Gasteiger partial charge in [-0.05, 0) is 77.8 Å². The molecule has 4 N–H and O–H groups in total. The third-order valence-corrected chi connectivity index (χ3v) is 5.88. The molecule has 0 aromatic heterocycles. The maximum Gasteiger partial charge on any atom is 0.328 e. The van der Waals surface area contributed by atoms with Crippen LogP contribution in [0.2, 0.25) is 0 Å². The van der Waals surface area contributed by atoms with Gasteiger partial charge in [0.2, 0.25) is 0 Å². The summed E-state index contributed by atoms with van der Waals surface area (Å²) in [5.41, 5.74) is 2.85. The number of hydrogen-bond donors (Lipinski definition) is 4. The minimum Gasteiger partial charge on any atom is -0.508 e. The Kier molecular flexibility index (Phi) is 6.91. The number of rotatable bonds is 3. The normalized spacial score (nSPS) is 22.1. The first-order valence-corrected chi connectivity index (χ1v) is 9.65. The molecule has 0 fully saturated rings. The molecule has 0 aliphatic heterocycles. The van der Waals surface area contributed by atoms with E-state index in [1.165, 1.54) is 12.1 Å². The molecule has 6 heteroatoms. The molecule has 1 aliphatic rings. The number of aliphatic hydroxyl groups is 1. The molecule has 3 rings (SSSR count). The van der Waals surface area contributed by atoms with Crippen molar-refractivity contribution in [3.8, 4) is 17.6 Å². The van der Waals surface area contributed by atoms with E-state index in [1.807, 2.05) is 13.0 Å². The Morgan fingerprint density at radius 1 is 1.17 bits per heavy atom. The van der Waals surface area contributed by atoms with Gasteiger partial charge in [-0.15, -0.1) is 0 Å². The quantitative estimate of drug-likeness (QED) is 0.559. The maximum atomic E-state index is 10.8. The van der Waals surface area contributed by atoms with Gasteiger partial charge in [-0.2, -0.15) is 5.26 Å². The van der Waals surface area contributed by atoms with Gasteiger partial charge in [0.25, 0.3) is 0 Å². The predicted molar refractivity (Wildman–Crippen MR) is 114 cm³/mol. The third-order valence-electron chi connectivity index (χ3n) is 5.88. The molecule has 6 nitrogen and oxygen atoms in total. The molecule has 3 unspecified atom stereocenters. The van der Waals surface area contributed by atoms with Crippen LogP contribution in [-0.4, -0.2) is 26.4 Å². The molecule has 2 aromatic carbocycles. The van der Waals surface area contributed by atoms with Crippen molar-refractivity contribution in [1.29, 1.82) is 5.26 Å². The lowest BCUT2D eigenvalue weighted by atomic mass is 9.82. The van der Waals surface area contributed by atoms with Crippen molar-refractivity contribution in [3.05, 3.63) is 64.2 Å². The zero-order chi connectivity index (χ0) is 22.6. The molecule has 158 valence electrons. The predicted octanol–water partition coefficient (Wildman–Crippen LogP) is 4.35. The van der Waals surface area contributed by atoms with E-state index in [0.717, 1.165) is 28.3 Å². The zero-order valence-corrected chi connectivity index (χ0v) is 17.5. The average Bonchev–Trinajstić information content (AvgIpc) is 2.88. The van der Waals surface area contributed by atoms with Crippen molar-refractivity contribution < 1.29 is 25.2 Å². The van der Waals surface area contributed by atoms with E-state index in [9.17, 15) is 20.1 Å². The molecular formula is C24H27NO5. The molecular weight excluding hydrogens is 382 g/mol. The number of phenolic OH excluding ortho intramolecular Hbond substituents is 2. The van der Waals surface area contributed by atoms with Crippen molar-refractivity contribution >= 4 is 12.0 Å². The molecule has 0 amide bonds. The van der Waals surface area contributed by atoms with Gasteiger partial charge < -0.3 is 20.4 Å². The summed E-state index contributed by atoms with van der Waals surface area (Å²) in [4.78, 5) is 10.2. The lowest BCUT2D eigenvalue weighted by molar-refractivity contribution is -0.131. The maximum absolute atomic E-state index is 10.8. The fourth-order valence-corrected chi connectivity index (χ4v) is 3.91. The summed E-state index contributed by atoms with van der Waals surface area (Å²) in [5, 5.41) is 47.0. The zero-order valence-electron chi connectivity index (χ0n) is 17.5. The number of aliphatic carboxylic acids is 1. The van der Waals surface area contributed by atoms with Gasteiger partial charge in [-0.1, -0.05) is 26.0 Å². The fraction of sp³-hybridized carbons (Fsp3) is 0.333. The molecule has 0 heterocycles. The highest BCUT2D eigenvalue weighted by Crippen LogP contribution is 2.52. The van der Waals surface area contributed by atoms with E-state index in [0.29, 0.717) is 5.56 Å². The highest BCUT2D eigenvalue weighted by molar-refractivity contribution is 5.85. The van der Waals surface area contributed by atoms with Gasteiger partial charge in [0.05, 0.1) is 12.5 Å². The number of aryl methyl sites for hydroxylation is 1. The summed E-state index contributed by atoms with van der Waals surface area (Å²) in [5.74, 6) is -0.403. The Bertz CT molecular complexity index is 1020. The number of hydrogen-bond acceptors (Lipinski definition) is 5. The molecule has 2 aromatic rings. The molecule has 0 saturated heterocycles. The number of carbonyl (C=O) groups is 1. The summed E-state index contributed by atoms with van der Waals surface area (Å²) in [6.07, 6.45) is 2.61. The van der Waals surface area contributed by atoms with Gasteiger partial charge in [-0.25, -0.2) is 4.79 Å². The molecule has 30 heavy (non-hydrogen) atoms. The van der Waals surface area contributed by atoms with Crippen molar-refractivity contribution in [3.63, 3.8) is 0 Å². The van der Waals surface area contributed by atoms with Crippen LogP contribution in [0.4, 0.5) is 0 Å². The lowest BCUT2D eigenvalue weighted by Crippen LogP contribution is -2.30. The van der Waals surface area contributed by atoms with Gasteiger partial charge in [0.1, 0.15) is 17.1 Å². The first-order valence-electron chi connectivity index (χ1n) is 9.65. The lowest BCUT2D eigenvalue weighted by Gasteiger charge is -2.28. The summed E-state index contributed by atoms with van der Waals surface area (Å²) in [6, 6.07) is 10.5. The molecule has 3 atom stereocenters. The SMILES string of the molecule is Cc1c(O)ccc2c1C(O)(CC#N)C(C)C2C.Cc1cc(/C=C/C(=O)O)ccc1O. The van der Waals surface area contributed by atoms with Crippen LogP contribution in [0.3, 0.4) is 0 Å². The van der Waals surface area contributed by atoms with Crippen LogP contribution < -0.4 is 0 Å². The van der Waals surface area contributed by atoms with Crippen molar-refractivity contribution in [2.45, 2.75) is 45.6 Å². The van der Waals surface area contributed by atoms with Gasteiger partial charge in [-0.3, -0.25) is 0 Å². The van der Waals surface area contributed by atoms with E-state index < -0.39 is 11.6 Å². The highest BCUT2D eigenvalue weighted by atomic mass is 16.4. The summed E-state index contributed by atoms with van der Waals surface area (Å²) in [7, 11) is 0. The van der Waals surface area contributed by atoms with Crippen LogP contribution in [0.5, 0.6) is 11.5 Å². The van der Waals surface area contributed by atoms with Crippen LogP contribution in [0.25, 0.3) is 6.08 Å². The van der Waals surface area contributed by atoms with E-state index >= 15 is 0 Å². The molecule has 1 aliphatic carbocycles. The van der Waals surface area contributed by atoms with Gasteiger partial charge in [0, 0.05) is 6.08 Å². The Morgan fingerprint density at radius 2 is 1.80 bits per heavy atom. The van der Waals surface area contributed by atoms with Gasteiger partial charge >= 0.3 is 5.97 Å². The highest BCUT2D eigenvalue weighted by Gasteiger charge is 2.48. The van der Waals surface area contributed by atoms with Crippen LogP contribution in [0, 0.1) is 31.1 Å². The molecule has 0 spiro atoms. The van der Waals surface area contributed by atoms with E-state index in [1.54, 1.807) is 32.0 Å². The average molecular weight is 409 g/mol. The largest absolute Gasteiger partial charge is 0.508 e. The number of aromatic hydroxyl groups is 2. The number of fused-ring (bicyclic) bond motifs is 1. The Balaban J connectivity index is 0.000000222. The minimum absolute atomic E-state index is 0.0161. The number of carboxylic acid groups (broad SMARTS) is 1. The van der Waals surface area contributed by atoms with Crippen molar-refractivity contribution in [2.75, 3.05) is 0 Å². The second-order valence-corrected chi connectivity index (χ2v) is 7.73.